The minimum atomic E-state index is -0.420. The normalized spacial score (nSPS) is 15.9. The summed E-state index contributed by atoms with van der Waals surface area (Å²) in [5.74, 6) is -0.00268. The molecule has 0 spiro atoms. The van der Waals surface area contributed by atoms with E-state index >= 15 is 0 Å². The maximum atomic E-state index is 11.9. The summed E-state index contributed by atoms with van der Waals surface area (Å²) in [7, 11) is 0. The molecule has 0 aromatic carbocycles. The van der Waals surface area contributed by atoms with Crippen LogP contribution < -0.4 is 5.32 Å². The second-order valence-electron chi connectivity index (χ2n) is 5.65. The van der Waals surface area contributed by atoms with Crippen LogP contribution in [-0.2, 0) is 11.3 Å². The molecule has 0 saturated heterocycles. The fraction of sp³-hybridized carbons (Fsp3) is 0.714. The first kappa shape index (κ1) is 15.5. The van der Waals surface area contributed by atoms with Gasteiger partial charge in [0.2, 0.25) is 5.91 Å². The number of aryl methyl sites for hydroxylation is 2. The molecule has 1 aliphatic rings. The Morgan fingerprint density at radius 2 is 2.05 bits per heavy atom. The fourth-order valence-corrected chi connectivity index (χ4v) is 2.92. The van der Waals surface area contributed by atoms with E-state index in [0.717, 1.165) is 12.8 Å². The summed E-state index contributed by atoms with van der Waals surface area (Å²) in [4.78, 5) is 22.4. The summed E-state index contributed by atoms with van der Waals surface area (Å²) in [5.41, 5.74) is 0.941. The third-order valence-corrected chi connectivity index (χ3v) is 4.05. The molecule has 0 aliphatic heterocycles. The highest BCUT2D eigenvalue weighted by Gasteiger charge is 2.22. The number of aromatic nitrogens is 2. The second-order valence-corrected chi connectivity index (χ2v) is 5.65. The molecule has 1 fully saturated rings. The summed E-state index contributed by atoms with van der Waals surface area (Å²) >= 11 is 0. The predicted molar refractivity (Wildman–Crippen MR) is 78.0 cm³/mol. The monoisotopic (exact) mass is 294 g/mol. The van der Waals surface area contributed by atoms with Crippen molar-refractivity contribution in [3.63, 3.8) is 0 Å². The van der Waals surface area contributed by atoms with E-state index in [1.54, 1.807) is 18.5 Å². The van der Waals surface area contributed by atoms with Crippen molar-refractivity contribution in [3.05, 3.63) is 21.5 Å². The van der Waals surface area contributed by atoms with Crippen LogP contribution in [0.15, 0.2) is 0 Å². The summed E-state index contributed by atoms with van der Waals surface area (Å²) in [6.07, 6.45) is 6.01. The van der Waals surface area contributed by atoms with Gasteiger partial charge in [0, 0.05) is 12.5 Å². The minimum Gasteiger partial charge on any atom is -0.353 e. The van der Waals surface area contributed by atoms with Gasteiger partial charge >= 0.3 is 5.69 Å². The third-order valence-electron chi connectivity index (χ3n) is 4.05. The molecule has 0 radical (unpaired) electrons. The molecule has 116 valence electrons. The zero-order chi connectivity index (χ0) is 15.4. The van der Waals surface area contributed by atoms with Gasteiger partial charge in [0.1, 0.15) is 11.4 Å². The molecule has 0 bridgehead atoms. The maximum Gasteiger partial charge on any atom is 0.312 e. The summed E-state index contributed by atoms with van der Waals surface area (Å²) < 4.78 is 1.55. The molecular formula is C14H22N4O3. The van der Waals surface area contributed by atoms with E-state index in [2.05, 4.69) is 10.4 Å². The summed E-state index contributed by atoms with van der Waals surface area (Å²) in [6, 6.07) is 0.293. The number of nitrogens with zero attached hydrogens (tertiary/aromatic N) is 3. The van der Waals surface area contributed by atoms with Crippen LogP contribution in [0, 0.1) is 24.0 Å². The van der Waals surface area contributed by atoms with Crippen LogP contribution in [0.2, 0.25) is 0 Å². The second kappa shape index (κ2) is 6.69. The van der Waals surface area contributed by atoms with E-state index in [4.69, 9.17) is 0 Å². The Morgan fingerprint density at radius 1 is 1.38 bits per heavy atom. The molecule has 1 saturated carbocycles. The molecular weight excluding hydrogens is 272 g/mol. The summed E-state index contributed by atoms with van der Waals surface area (Å²) in [6.45, 7) is 3.65. The highest BCUT2D eigenvalue weighted by atomic mass is 16.6. The first-order valence-electron chi connectivity index (χ1n) is 7.47. The van der Waals surface area contributed by atoms with E-state index < -0.39 is 4.92 Å². The number of nitrogens with one attached hydrogen (secondary N) is 1. The van der Waals surface area contributed by atoms with Gasteiger partial charge in [0.15, 0.2) is 0 Å². The van der Waals surface area contributed by atoms with Crippen molar-refractivity contribution in [3.8, 4) is 0 Å². The Kier molecular flexibility index (Phi) is 4.93. The van der Waals surface area contributed by atoms with Crippen molar-refractivity contribution in [1.82, 2.24) is 15.1 Å². The molecule has 7 heteroatoms. The quantitative estimate of drug-likeness (QED) is 0.666. The molecule has 2 rings (SSSR count). The lowest BCUT2D eigenvalue weighted by Gasteiger charge is -2.22. The minimum absolute atomic E-state index is 0.00268. The smallest absolute Gasteiger partial charge is 0.312 e. The van der Waals surface area contributed by atoms with Crippen LogP contribution in [0.1, 0.15) is 49.9 Å². The maximum absolute atomic E-state index is 11.9. The third kappa shape index (κ3) is 3.80. The number of rotatable bonds is 5. The lowest BCUT2D eigenvalue weighted by molar-refractivity contribution is -0.386. The van der Waals surface area contributed by atoms with Crippen molar-refractivity contribution in [2.45, 2.75) is 65.0 Å². The fourth-order valence-electron chi connectivity index (χ4n) is 2.92. The van der Waals surface area contributed by atoms with Crippen LogP contribution in [-0.4, -0.2) is 26.7 Å². The number of nitro groups is 1. The number of amides is 1. The highest BCUT2D eigenvalue weighted by Crippen LogP contribution is 2.22. The van der Waals surface area contributed by atoms with Crippen molar-refractivity contribution in [1.29, 1.82) is 0 Å². The zero-order valence-electron chi connectivity index (χ0n) is 12.6. The zero-order valence-corrected chi connectivity index (χ0v) is 12.6. The van der Waals surface area contributed by atoms with Gasteiger partial charge in [-0.25, -0.2) is 0 Å². The SMILES string of the molecule is Cc1nn(CCC(=O)NC2CCCCC2)c(C)c1[N+](=O)[O-]. The molecule has 1 aliphatic carbocycles. The van der Waals surface area contributed by atoms with Gasteiger partial charge in [-0.15, -0.1) is 0 Å². The lowest BCUT2D eigenvalue weighted by atomic mass is 9.95. The average Bonchev–Trinajstić information content (AvgIpc) is 2.72. The molecule has 0 unspecified atom stereocenters. The first-order valence-corrected chi connectivity index (χ1v) is 7.47. The van der Waals surface area contributed by atoms with E-state index in [0.29, 0.717) is 30.4 Å². The molecule has 7 nitrogen and oxygen atoms in total. The topological polar surface area (TPSA) is 90.1 Å². The molecule has 1 N–H and O–H groups in total. The lowest BCUT2D eigenvalue weighted by Crippen LogP contribution is -2.36. The molecule has 1 amide bonds. The standard InChI is InChI=1S/C14H22N4O3/c1-10-14(18(20)21)11(2)17(16-10)9-8-13(19)15-12-6-4-3-5-7-12/h12H,3-9H2,1-2H3,(H,15,19). The highest BCUT2D eigenvalue weighted by molar-refractivity contribution is 5.76. The van der Waals surface area contributed by atoms with Gasteiger partial charge in [-0.05, 0) is 26.7 Å². The molecule has 0 atom stereocenters. The van der Waals surface area contributed by atoms with Gasteiger partial charge in [-0.2, -0.15) is 5.10 Å². The van der Waals surface area contributed by atoms with E-state index in [1.807, 2.05) is 0 Å². The Bertz CT molecular complexity index is 533. The van der Waals surface area contributed by atoms with Crippen LogP contribution >= 0.6 is 0 Å². The molecule has 1 aromatic rings. The Labute approximate surface area is 123 Å². The van der Waals surface area contributed by atoms with E-state index in [1.165, 1.54) is 19.3 Å². The van der Waals surface area contributed by atoms with Gasteiger partial charge in [-0.3, -0.25) is 19.6 Å². The number of carbonyl (C=O) groups excluding carboxylic acids is 1. The van der Waals surface area contributed by atoms with Crippen LogP contribution in [0.5, 0.6) is 0 Å². The van der Waals surface area contributed by atoms with Crippen molar-refractivity contribution in [2.24, 2.45) is 0 Å². The predicted octanol–water partition coefficient (Wildman–Crippen LogP) is 2.25. The van der Waals surface area contributed by atoms with Gasteiger partial charge in [-0.1, -0.05) is 19.3 Å². The Hall–Kier alpha value is -1.92. The summed E-state index contributed by atoms with van der Waals surface area (Å²) in [5, 5.41) is 18.1. The van der Waals surface area contributed by atoms with Crippen molar-refractivity contribution in [2.75, 3.05) is 0 Å². The van der Waals surface area contributed by atoms with Crippen LogP contribution in [0.4, 0.5) is 5.69 Å². The van der Waals surface area contributed by atoms with E-state index in [9.17, 15) is 14.9 Å². The number of carbonyl (C=O) groups is 1. The van der Waals surface area contributed by atoms with Crippen molar-refractivity contribution >= 4 is 11.6 Å². The van der Waals surface area contributed by atoms with Gasteiger partial charge in [0.25, 0.3) is 0 Å². The van der Waals surface area contributed by atoms with Gasteiger partial charge < -0.3 is 5.32 Å². The largest absolute Gasteiger partial charge is 0.353 e. The van der Waals surface area contributed by atoms with Crippen LogP contribution in [0.25, 0.3) is 0 Å². The number of hydrogen-bond acceptors (Lipinski definition) is 4. The Balaban J connectivity index is 1.89. The van der Waals surface area contributed by atoms with Crippen LogP contribution in [0.3, 0.4) is 0 Å². The Morgan fingerprint density at radius 3 is 2.62 bits per heavy atom. The average molecular weight is 294 g/mol. The first-order chi connectivity index (χ1) is 9.99. The molecule has 1 heterocycles. The number of hydrogen-bond donors (Lipinski definition) is 1. The molecule has 1 aromatic heterocycles. The van der Waals surface area contributed by atoms with Gasteiger partial charge in [0.05, 0.1) is 11.5 Å². The van der Waals surface area contributed by atoms with Crippen molar-refractivity contribution < 1.29 is 9.72 Å². The van der Waals surface area contributed by atoms with E-state index in [-0.39, 0.29) is 11.6 Å². The molecule has 21 heavy (non-hydrogen) atoms.